The molecule has 0 aliphatic heterocycles. The lowest BCUT2D eigenvalue weighted by Gasteiger charge is -2.10. The third-order valence-electron chi connectivity index (χ3n) is 3.39. The zero-order valence-corrected chi connectivity index (χ0v) is 12.0. The van der Waals surface area contributed by atoms with Crippen LogP contribution in [0.2, 0.25) is 0 Å². The van der Waals surface area contributed by atoms with E-state index in [9.17, 15) is 4.79 Å². The van der Waals surface area contributed by atoms with Crippen LogP contribution < -0.4 is 4.74 Å². The number of hydrogen-bond donors (Lipinski definition) is 1. The number of ether oxygens (including phenoxy) is 1. The van der Waals surface area contributed by atoms with Crippen molar-refractivity contribution in [2.75, 3.05) is 7.11 Å². The van der Waals surface area contributed by atoms with Crippen molar-refractivity contribution < 1.29 is 19.1 Å². The molecule has 0 saturated carbocycles. The number of aliphatic carboxylic acids is 1. The first-order valence-electron chi connectivity index (χ1n) is 6.26. The van der Waals surface area contributed by atoms with Crippen LogP contribution in [0.25, 0.3) is 11.5 Å². The molecule has 5 heteroatoms. The number of carbonyl (C=O) groups is 1. The molecule has 0 bridgehead atoms. The van der Waals surface area contributed by atoms with Gasteiger partial charge >= 0.3 is 5.97 Å². The van der Waals surface area contributed by atoms with E-state index in [2.05, 4.69) is 4.98 Å². The summed E-state index contributed by atoms with van der Waals surface area (Å²) >= 11 is 0. The molecule has 0 aliphatic rings. The van der Waals surface area contributed by atoms with Gasteiger partial charge in [-0.2, -0.15) is 0 Å². The first-order valence-corrected chi connectivity index (χ1v) is 6.26. The summed E-state index contributed by atoms with van der Waals surface area (Å²) in [5.41, 5.74) is 3.48. The highest BCUT2D eigenvalue weighted by atomic mass is 16.5. The van der Waals surface area contributed by atoms with Crippen molar-refractivity contribution in [1.29, 1.82) is 0 Å². The van der Waals surface area contributed by atoms with Gasteiger partial charge in [-0.05, 0) is 44.0 Å². The molecule has 1 aromatic carbocycles. The topological polar surface area (TPSA) is 72.6 Å². The maximum atomic E-state index is 10.8. The molecule has 0 fully saturated rings. The maximum absolute atomic E-state index is 10.8. The number of rotatable bonds is 4. The van der Waals surface area contributed by atoms with Gasteiger partial charge in [-0.25, -0.2) is 4.98 Å². The van der Waals surface area contributed by atoms with Gasteiger partial charge in [0.2, 0.25) is 5.89 Å². The molecule has 0 radical (unpaired) electrons. The number of benzene rings is 1. The Morgan fingerprint density at radius 3 is 2.60 bits per heavy atom. The number of hydrogen-bond acceptors (Lipinski definition) is 4. The van der Waals surface area contributed by atoms with Gasteiger partial charge in [-0.3, -0.25) is 4.79 Å². The number of aromatic nitrogens is 1. The molecule has 20 heavy (non-hydrogen) atoms. The summed E-state index contributed by atoms with van der Waals surface area (Å²) in [6.07, 6.45) is -0.160. The molecule has 106 valence electrons. The average Bonchev–Trinajstić information content (AvgIpc) is 2.73. The summed E-state index contributed by atoms with van der Waals surface area (Å²) in [5, 5.41) is 8.83. The Bertz CT molecular complexity index is 658. The van der Waals surface area contributed by atoms with E-state index in [0.717, 1.165) is 22.4 Å². The van der Waals surface area contributed by atoms with Crippen molar-refractivity contribution in [1.82, 2.24) is 4.98 Å². The van der Waals surface area contributed by atoms with E-state index in [1.165, 1.54) is 0 Å². The molecule has 0 atom stereocenters. The second kappa shape index (κ2) is 5.36. The van der Waals surface area contributed by atoms with E-state index < -0.39 is 5.97 Å². The molecular weight excluding hydrogens is 258 g/mol. The van der Waals surface area contributed by atoms with Gasteiger partial charge in [-0.1, -0.05) is 0 Å². The van der Waals surface area contributed by atoms with Crippen LogP contribution in [0.4, 0.5) is 0 Å². The van der Waals surface area contributed by atoms with Crippen LogP contribution in [0.1, 0.15) is 22.6 Å². The lowest BCUT2D eigenvalue weighted by Crippen LogP contribution is -1.99. The number of aryl methyl sites for hydroxylation is 1. The Hall–Kier alpha value is -2.30. The van der Waals surface area contributed by atoms with Gasteiger partial charge in [0.15, 0.2) is 0 Å². The second-order valence-electron chi connectivity index (χ2n) is 4.66. The van der Waals surface area contributed by atoms with Gasteiger partial charge in [0.05, 0.1) is 12.8 Å². The summed E-state index contributed by atoms with van der Waals surface area (Å²) < 4.78 is 10.9. The van der Waals surface area contributed by atoms with Crippen molar-refractivity contribution >= 4 is 5.97 Å². The van der Waals surface area contributed by atoms with E-state index in [-0.39, 0.29) is 6.42 Å². The number of carboxylic acid groups (broad SMARTS) is 1. The molecule has 0 aliphatic carbocycles. The molecule has 0 unspecified atom stereocenters. The predicted molar refractivity (Wildman–Crippen MR) is 74.0 cm³/mol. The largest absolute Gasteiger partial charge is 0.496 e. The SMILES string of the molecule is COc1ccc(-c2nc(C)c(CC(=O)O)o2)c(C)c1C. The molecule has 1 aromatic heterocycles. The van der Waals surface area contributed by atoms with Crippen LogP contribution >= 0.6 is 0 Å². The molecular formula is C15H17NO4. The van der Waals surface area contributed by atoms with E-state index in [1.807, 2.05) is 26.0 Å². The van der Waals surface area contributed by atoms with Gasteiger partial charge < -0.3 is 14.3 Å². The van der Waals surface area contributed by atoms with Crippen molar-refractivity contribution in [3.63, 3.8) is 0 Å². The molecule has 2 aromatic rings. The van der Waals surface area contributed by atoms with E-state index in [1.54, 1.807) is 14.0 Å². The van der Waals surface area contributed by atoms with Crippen LogP contribution in [-0.2, 0) is 11.2 Å². The molecule has 0 amide bonds. The fourth-order valence-corrected chi connectivity index (χ4v) is 2.09. The van der Waals surface area contributed by atoms with Crippen LogP contribution in [0.15, 0.2) is 16.5 Å². The summed E-state index contributed by atoms with van der Waals surface area (Å²) in [6, 6.07) is 3.73. The Balaban J connectivity index is 2.47. The Labute approximate surface area is 117 Å². The molecule has 2 rings (SSSR count). The number of carboxylic acids is 1. The number of methoxy groups -OCH3 is 1. The fourth-order valence-electron chi connectivity index (χ4n) is 2.09. The zero-order chi connectivity index (χ0) is 14.9. The average molecular weight is 275 g/mol. The molecule has 0 spiro atoms. The van der Waals surface area contributed by atoms with Crippen molar-refractivity contribution in [3.05, 3.63) is 34.7 Å². The highest BCUT2D eigenvalue weighted by Gasteiger charge is 2.17. The Kier molecular flexibility index (Phi) is 3.79. The monoisotopic (exact) mass is 275 g/mol. The summed E-state index contributed by atoms with van der Waals surface area (Å²) in [6.45, 7) is 5.67. The summed E-state index contributed by atoms with van der Waals surface area (Å²) in [4.78, 5) is 15.1. The van der Waals surface area contributed by atoms with E-state index >= 15 is 0 Å². The zero-order valence-electron chi connectivity index (χ0n) is 12.0. The van der Waals surface area contributed by atoms with Gasteiger partial charge in [0.1, 0.15) is 17.9 Å². The standard InChI is InChI=1S/C15H17NO4/c1-8-9(2)12(19-4)6-5-11(8)15-16-10(3)13(20-15)7-14(17)18/h5-6H,7H2,1-4H3,(H,17,18). The fraction of sp³-hybridized carbons (Fsp3) is 0.333. The number of nitrogens with zero attached hydrogens (tertiary/aromatic N) is 1. The first kappa shape index (κ1) is 14.1. The quantitative estimate of drug-likeness (QED) is 0.928. The smallest absolute Gasteiger partial charge is 0.311 e. The Morgan fingerprint density at radius 1 is 1.30 bits per heavy atom. The van der Waals surface area contributed by atoms with Gasteiger partial charge in [0, 0.05) is 5.56 Å². The third kappa shape index (κ3) is 2.52. The number of oxazole rings is 1. The summed E-state index contributed by atoms with van der Waals surface area (Å²) in [7, 11) is 1.63. The second-order valence-corrected chi connectivity index (χ2v) is 4.66. The highest BCUT2D eigenvalue weighted by Crippen LogP contribution is 2.31. The lowest BCUT2D eigenvalue weighted by molar-refractivity contribution is -0.136. The molecule has 5 nitrogen and oxygen atoms in total. The van der Waals surface area contributed by atoms with Crippen LogP contribution in [0.5, 0.6) is 5.75 Å². The maximum Gasteiger partial charge on any atom is 0.311 e. The van der Waals surface area contributed by atoms with Crippen LogP contribution in [0, 0.1) is 20.8 Å². The predicted octanol–water partition coefficient (Wildman–Crippen LogP) is 2.90. The minimum Gasteiger partial charge on any atom is -0.496 e. The summed E-state index contributed by atoms with van der Waals surface area (Å²) in [5.74, 6) is 0.709. The molecule has 1 heterocycles. The van der Waals surface area contributed by atoms with Crippen molar-refractivity contribution in [2.45, 2.75) is 27.2 Å². The Morgan fingerprint density at radius 2 is 2.00 bits per heavy atom. The van der Waals surface area contributed by atoms with Crippen LogP contribution in [0.3, 0.4) is 0 Å². The highest BCUT2D eigenvalue weighted by molar-refractivity contribution is 5.70. The van der Waals surface area contributed by atoms with Gasteiger partial charge in [-0.15, -0.1) is 0 Å². The minimum atomic E-state index is -0.932. The van der Waals surface area contributed by atoms with Crippen molar-refractivity contribution in [2.24, 2.45) is 0 Å². The third-order valence-corrected chi connectivity index (χ3v) is 3.39. The van der Waals surface area contributed by atoms with E-state index in [0.29, 0.717) is 17.3 Å². The van der Waals surface area contributed by atoms with Crippen molar-refractivity contribution in [3.8, 4) is 17.2 Å². The minimum absolute atomic E-state index is 0.160. The molecule has 1 N–H and O–H groups in total. The van der Waals surface area contributed by atoms with Crippen LogP contribution in [-0.4, -0.2) is 23.2 Å². The van der Waals surface area contributed by atoms with E-state index in [4.69, 9.17) is 14.3 Å². The van der Waals surface area contributed by atoms with Gasteiger partial charge in [0.25, 0.3) is 0 Å². The molecule has 0 saturated heterocycles. The lowest BCUT2D eigenvalue weighted by atomic mass is 10.0. The first-order chi connectivity index (χ1) is 9.43. The normalized spacial score (nSPS) is 10.6.